The van der Waals surface area contributed by atoms with Crippen LogP contribution in [-0.2, 0) is 29.2 Å². The maximum absolute atomic E-state index is 12.7. The highest BCUT2D eigenvalue weighted by atomic mass is 16.3. The van der Waals surface area contributed by atoms with Gasteiger partial charge in [-0.1, -0.05) is 26.0 Å². The number of hydrogen-bond donors (Lipinski definition) is 1. The van der Waals surface area contributed by atoms with Gasteiger partial charge in [-0.05, 0) is 30.2 Å². The second kappa shape index (κ2) is 8.11. The van der Waals surface area contributed by atoms with Gasteiger partial charge in [-0.15, -0.1) is 0 Å². The Labute approximate surface area is 169 Å². The Morgan fingerprint density at radius 1 is 1.28 bits per heavy atom. The molecule has 152 valence electrons. The minimum absolute atomic E-state index is 0.0198. The highest BCUT2D eigenvalue weighted by Crippen LogP contribution is 2.21. The molecule has 1 fully saturated rings. The number of nitrogens with zero attached hydrogens (tertiary/aromatic N) is 3. The van der Waals surface area contributed by atoms with Crippen molar-refractivity contribution in [1.82, 2.24) is 19.8 Å². The van der Waals surface area contributed by atoms with Crippen molar-refractivity contribution >= 4 is 22.8 Å². The summed E-state index contributed by atoms with van der Waals surface area (Å²) in [6.45, 7) is 6.32. The van der Waals surface area contributed by atoms with Gasteiger partial charge in [0.2, 0.25) is 11.8 Å². The Hall–Kier alpha value is -3.09. The first-order valence-corrected chi connectivity index (χ1v) is 10.0. The van der Waals surface area contributed by atoms with Crippen molar-refractivity contribution in [3.05, 3.63) is 54.2 Å². The van der Waals surface area contributed by atoms with E-state index < -0.39 is 0 Å². The van der Waals surface area contributed by atoms with E-state index in [1.165, 1.54) is 0 Å². The number of benzene rings is 1. The van der Waals surface area contributed by atoms with E-state index >= 15 is 0 Å². The Bertz CT molecular complexity index is 1010. The summed E-state index contributed by atoms with van der Waals surface area (Å²) in [5, 5.41) is 2.99. The molecule has 0 bridgehead atoms. The summed E-state index contributed by atoms with van der Waals surface area (Å²) in [5.74, 6) is 1.55. The molecular weight excluding hydrogens is 368 g/mol. The Morgan fingerprint density at radius 3 is 2.86 bits per heavy atom. The zero-order valence-electron chi connectivity index (χ0n) is 16.8. The summed E-state index contributed by atoms with van der Waals surface area (Å²) in [7, 11) is 0. The fourth-order valence-electron chi connectivity index (χ4n) is 3.83. The van der Waals surface area contributed by atoms with Crippen molar-refractivity contribution < 1.29 is 14.0 Å². The van der Waals surface area contributed by atoms with Crippen LogP contribution in [0.4, 0.5) is 0 Å². The van der Waals surface area contributed by atoms with Gasteiger partial charge in [0.05, 0.1) is 36.3 Å². The minimum atomic E-state index is -0.347. The van der Waals surface area contributed by atoms with Crippen molar-refractivity contribution in [3.63, 3.8) is 0 Å². The number of rotatable bonds is 7. The second-order valence-electron chi connectivity index (χ2n) is 7.99. The maximum atomic E-state index is 12.7. The molecule has 1 unspecified atom stereocenters. The van der Waals surface area contributed by atoms with Crippen LogP contribution in [0.15, 0.2) is 47.1 Å². The molecule has 1 aliphatic heterocycles. The third kappa shape index (κ3) is 4.18. The lowest BCUT2D eigenvalue weighted by Crippen LogP contribution is -2.33. The van der Waals surface area contributed by atoms with E-state index in [0.29, 0.717) is 25.6 Å². The number of furan rings is 1. The lowest BCUT2D eigenvalue weighted by molar-refractivity contribution is -0.129. The zero-order valence-corrected chi connectivity index (χ0v) is 16.8. The van der Waals surface area contributed by atoms with Crippen LogP contribution in [0.25, 0.3) is 11.0 Å². The molecular formula is C22H26N4O3. The molecule has 1 atom stereocenters. The topological polar surface area (TPSA) is 80.4 Å². The first-order chi connectivity index (χ1) is 14.0. The molecule has 2 amide bonds. The van der Waals surface area contributed by atoms with Crippen LogP contribution in [0, 0.1) is 11.8 Å². The number of hydrogen-bond acceptors (Lipinski definition) is 4. The van der Waals surface area contributed by atoms with Gasteiger partial charge >= 0.3 is 0 Å². The minimum Gasteiger partial charge on any atom is -0.467 e. The summed E-state index contributed by atoms with van der Waals surface area (Å²) in [6, 6.07) is 11.6. The van der Waals surface area contributed by atoms with E-state index in [9.17, 15) is 9.59 Å². The number of carbonyl (C=O) groups excluding carboxylic acids is 2. The standard InChI is InChI=1S/C22H26N4O3/c1-15(2)12-26-19-8-4-3-7-18(19)24-20(26)11-23-22(28)16-10-21(27)25(13-16)14-17-6-5-9-29-17/h3-9,15-16H,10-14H2,1-2H3,(H,23,28). The number of aromatic nitrogens is 2. The van der Waals surface area contributed by atoms with E-state index in [-0.39, 0.29) is 24.2 Å². The number of amides is 2. The Kier molecular flexibility index (Phi) is 5.38. The van der Waals surface area contributed by atoms with Gasteiger partial charge in [0, 0.05) is 19.5 Å². The molecule has 4 rings (SSSR count). The number of nitrogens with one attached hydrogen (secondary N) is 1. The van der Waals surface area contributed by atoms with Gasteiger partial charge in [-0.25, -0.2) is 4.98 Å². The average molecular weight is 394 g/mol. The summed E-state index contributed by atoms with van der Waals surface area (Å²) in [5.41, 5.74) is 2.00. The fourth-order valence-corrected chi connectivity index (χ4v) is 3.83. The maximum Gasteiger partial charge on any atom is 0.225 e. The van der Waals surface area contributed by atoms with Crippen LogP contribution in [0.1, 0.15) is 31.9 Å². The summed E-state index contributed by atoms with van der Waals surface area (Å²) in [4.78, 5) is 31.4. The van der Waals surface area contributed by atoms with Crippen molar-refractivity contribution in [2.75, 3.05) is 6.54 Å². The molecule has 3 heterocycles. The molecule has 1 saturated heterocycles. The zero-order chi connectivity index (χ0) is 20.4. The number of imidazole rings is 1. The number of para-hydroxylation sites is 2. The first kappa shape index (κ1) is 19.2. The molecule has 0 aliphatic carbocycles. The Balaban J connectivity index is 1.41. The molecule has 1 N–H and O–H groups in total. The third-order valence-electron chi connectivity index (χ3n) is 5.21. The van der Waals surface area contributed by atoms with Crippen LogP contribution in [0.5, 0.6) is 0 Å². The van der Waals surface area contributed by atoms with E-state index in [2.05, 4.69) is 29.8 Å². The van der Waals surface area contributed by atoms with Crippen LogP contribution >= 0.6 is 0 Å². The predicted molar refractivity (Wildman–Crippen MR) is 109 cm³/mol. The summed E-state index contributed by atoms with van der Waals surface area (Å²) < 4.78 is 7.48. The van der Waals surface area contributed by atoms with Gasteiger partial charge < -0.3 is 19.2 Å². The van der Waals surface area contributed by atoms with Crippen molar-refractivity contribution in [1.29, 1.82) is 0 Å². The van der Waals surface area contributed by atoms with Crippen LogP contribution in [0.2, 0.25) is 0 Å². The molecule has 7 nitrogen and oxygen atoms in total. The van der Waals surface area contributed by atoms with E-state index in [1.54, 1.807) is 17.2 Å². The molecule has 0 spiro atoms. The van der Waals surface area contributed by atoms with Crippen molar-refractivity contribution in [3.8, 4) is 0 Å². The monoisotopic (exact) mass is 394 g/mol. The molecule has 2 aromatic heterocycles. The Morgan fingerprint density at radius 2 is 2.10 bits per heavy atom. The van der Waals surface area contributed by atoms with Gasteiger partial charge in [0.1, 0.15) is 11.6 Å². The van der Waals surface area contributed by atoms with Crippen molar-refractivity contribution in [2.24, 2.45) is 11.8 Å². The molecule has 1 aromatic carbocycles. The average Bonchev–Trinajstić information content (AvgIpc) is 3.41. The number of likely N-dealkylation sites (tertiary alicyclic amines) is 1. The van der Waals surface area contributed by atoms with Crippen LogP contribution in [0.3, 0.4) is 0 Å². The van der Waals surface area contributed by atoms with Crippen molar-refractivity contribution in [2.45, 2.75) is 39.9 Å². The van der Waals surface area contributed by atoms with Gasteiger partial charge in [0.15, 0.2) is 0 Å². The second-order valence-corrected chi connectivity index (χ2v) is 7.99. The van der Waals surface area contributed by atoms with Gasteiger partial charge in [0.25, 0.3) is 0 Å². The predicted octanol–water partition coefficient (Wildman–Crippen LogP) is 2.95. The van der Waals surface area contributed by atoms with E-state index in [0.717, 1.165) is 29.2 Å². The normalized spacial score (nSPS) is 16.9. The van der Waals surface area contributed by atoms with Gasteiger partial charge in [-0.2, -0.15) is 0 Å². The van der Waals surface area contributed by atoms with Gasteiger partial charge in [-0.3, -0.25) is 9.59 Å². The third-order valence-corrected chi connectivity index (χ3v) is 5.21. The highest BCUT2D eigenvalue weighted by Gasteiger charge is 2.34. The largest absolute Gasteiger partial charge is 0.467 e. The van der Waals surface area contributed by atoms with E-state index in [1.807, 2.05) is 24.3 Å². The molecule has 1 aliphatic rings. The SMILES string of the molecule is CC(C)Cn1c(CNC(=O)C2CC(=O)N(Cc3ccco3)C2)nc2ccccc21. The number of fused-ring (bicyclic) bond motifs is 1. The highest BCUT2D eigenvalue weighted by molar-refractivity contribution is 5.89. The lowest BCUT2D eigenvalue weighted by Gasteiger charge is -2.15. The fraction of sp³-hybridized carbons (Fsp3) is 0.409. The number of carbonyl (C=O) groups is 2. The van der Waals surface area contributed by atoms with Crippen LogP contribution < -0.4 is 5.32 Å². The first-order valence-electron chi connectivity index (χ1n) is 10.0. The summed E-state index contributed by atoms with van der Waals surface area (Å²) in [6.07, 6.45) is 1.82. The molecule has 29 heavy (non-hydrogen) atoms. The lowest BCUT2D eigenvalue weighted by atomic mass is 10.1. The molecule has 0 saturated carbocycles. The smallest absolute Gasteiger partial charge is 0.225 e. The molecule has 3 aromatic rings. The summed E-state index contributed by atoms with van der Waals surface area (Å²) >= 11 is 0. The quantitative estimate of drug-likeness (QED) is 0.668. The van der Waals surface area contributed by atoms with Crippen LogP contribution in [-0.4, -0.2) is 32.8 Å². The van der Waals surface area contributed by atoms with E-state index in [4.69, 9.17) is 9.40 Å². The molecule has 7 heteroatoms. The molecule has 0 radical (unpaired) electrons.